The summed E-state index contributed by atoms with van der Waals surface area (Å²) >= 11 is 6.01. The van der Waals surface area contributed by atoms with Crippen molar-refractivity contribution in [2.75, 3.05) is 0 Å². The predicted octanol–water partition coefficient (Wildman–Crippen LogP) is 6.61. The summed E-state index contributed by atoms with van der Waals surface area (Å²) in [7, 11) is -1.97. The summed E-state index contributed by atoms with van der Waals surface area (Å²) in [4.78, 5) is 11.4. The quantitative estimate of drug-likeness (QED) is 0.408. The Labute approximate surface area is 160 Å². The lowest BCUT2D eigenvalue weighted by molar-refractivity contribution is 0.112. The highest BCUT2D eigenvalue weighted by molar-refractivity contribution is 6.74. The second kappa shape index (κ2) is 7.90. The number of carbonyl (C=O) groups excluding carboxylic acids is 1. The molecule has 0 unspecified atom stereocenters. The van der Waals surface area contributed by atoms with E-state index < -0.39 is 14.1 Å². The first-order chi connectivity index (χ1) is 12.0. The summed E-state index contributed by atoms with van der Waals surface area (Å²) < 4.78 is 25.7. The van der Waals surface area contributed by atoms with Gasteiger partial charge in [-0.1, -0.05) is 38.4 Å². The molecule has 2 aromatic carbocycles. The van der Waals surface area contributed by atoms with E-state index in [4.69, 9.17) is 20.8 Å². The number of halogens is 2. The van der Waals surface area contributed by atoms with Gasteiger partial charge in [0.15, 0.2) is 19.9 Å². The van der Waals surface area contributed by atoms with Gasteiger partial charge in [-0.25, -0.2) is 4.39 Å². The molecule has 0 aliphatic heterocycles. The van der Waals surface area contributed by atoms with Crippen molar-refractivity contribution in [3.63, 3.8) is 0 Å². The minimum absolute atomic E-state index is 0.0377. The Kier molecular flexibility index (Phi) is 6.27. The number of aldehydes is 1. The molecule has 2 aromatic rings. The summed E-state index contributed by atoms with van der Waals surface area (Å²) in [5.41, 5.74) is 1.23. The van der Waals surface area contributed by atoms with Crippen molar-refractivity contribution in [3.05, 3.63) is 58.4 Å². The lowest BCUT2D eigenvalue weighted by Gasteiger charge is -2.36. The Balaban J connectivity index is 2.27. The van der Waals surface area contributed by atoms with Crippen LogP contribution < -0.4 is 4.74 Å². The molecule has 0 N–H and O–H groups in total. The zero-order valence-electron chi connectivity index (χ0n) is 15.7. The highest BCUT2D eigenvalue weighted by Crippen LogP contribution is 2.38. The molecule has 140 valence electrons. The molecule has 0 aliphatic carbocycles. The van der Waals surface area contributed by atoms with Crippen LogP contribution in [0.5, 0.6) is 11.5 Å². The van der Waals surface area contributed by atoms with E-state index in [2.05, 4.69) is 33.9 Å². The molecule has 0 saturated heterocycles. The van der Waals surface area contributed by atoms with Gasteiger partial charge >= 0.3 is 0 Å². The monoisotopic (exact) mass is 394 g/mol. The lowest BCUT2D eigenvalue weighted by atomic mass is 10.1. The van der Waals surface area contributed by atoms with E-state index in [9.17, 15) is 9.18 Å². The molecule has 26 heavy (non-hydrogen) atoms. The van der Waals surface area contributed by atoms with Crippen molar-refractivity contribution in [2.24, 2.45) is 0 Å². The minimum Gasteiger partial charge on any atom is -0.453 e. The van der Waals surface area contributed by atoms with Crippen LogP contribution in [0, 0.1) is 5.82 Å². The number of ether oxygens (including phenoxy) is 1. The highest BCUT2D eigenvalue weighted by atomic mass is 35.5. The molecule has 0 heterocycles. The third-order valence-corrected chi connectivity index (χ3v) is 9.55. The first-order valence-corrected chi connectivity index (χ1v) is 11.7. The number of benzene rings is 2. The molecule has 2 rings (SSSR count). The van der Waals surface area contributed by atoms with Gasteiger partial charge in [0.05, 0.1) is 11.6 Å². The van der Waals surface area contributed by atoms with E-state index in [-0.39, 0.29) is 15.8 Å². The molecule has 0 spiro atoms. The Hall–Kier alpha value is -1.69. The normalized spacial score (nSPS) is 12.1. The van der Waals surface area contributed by atoms with Crippen molar-refractivity contribution in [3.8, 4) is 11.5 Å². The van der Waals surface area contributed by atoms with Crippen LogP contribution in [0.4, 0.5) is 4.39 Å². The molecule has 6 heteroatoms. The van der Waals surface area contributed by atoms with Crippen LogP contribution in [-0.4, -0.2) is 14.6 Å². The average molecular weight is 395 g/mol. The molecule has 0 bridgehead atoms. The smallest absolute Gasteiger partial charge is 0.192 e. The SMILES string of the molecule is CC(C)(C)[Si](C)(C)OCc1cc(Oc2c(F)cccc2Cl)ccc1C=O. The van der Waals surface area contributed by atoms with Gasteiger partial charge in [-0.2, -0.15) is 0 Å². The topological polar surface area (TPSA) is 35.5 Å². The predicted molar refractivity (Wildman–Crippen MR) is 105 cm³/mol. The fourth-order valence-corrected chi connectivity index (χ4v) is 3.21. The third-order valence-electron chi connectivity index (χ3n) is 4.77. The fraction of sp³-hybridized carbons (Fsp3) is 0.350. The number of carbonyl (C=O) groups is 1. The summed E-state index contributed by atoms with van der Waals surface area (Å²) in [6, 6.07) is 9.30. The first kappa shape index (κ1) is 20.6. The van der Waals surface area contributed by atoms with Gasteiger partial charge in [-0.05, 0) is 54.0 Å². The van der Waals surface area contributed by atoms with Crippen molar-refractivity contribution in [1.82, 2.24) is 0 Å². The van der Waals surface area contributed by atoms with Crippen molar-refractivity contribution < 1.29 is 18.3 Å². The Morgan fingerprint density at radius 3 is 2.46 bits per heavy atom. The second-order valence-electron chi connectivity index (χ2n) is 7.68. The molecule has 0 fully saturated rings. The van der Waals surface area contributed by atoms with E-state index in [1.165, 1.54) is 12.1 Å². The number of para-hydroxylation sites is 1. The fourth-order valence-electron chi connectivity index (χ4n) is 2.06. The molecule has 0 amide bonds. The summed E-state index contributed by atoms with van der Waals surface area (Å²) in [6.45, 7) is 11.0. The molecular formula is C20H24ClFO3Si. The van der Waals surface area contributed by atoms with Gasteiger partial charge in [0, 0.05) is 5.56 Å². The zero-order chi connectivity index (χ0) is 19.5. The van der Waals surface area contributed by atoms with Crippen LogP contribution in [0.3, 0.4) is 0 Å². The maximum atomic E-state index is 13.9. The first-order valence-electron chi connectivity index (χ1n) is 8.39. The zero-order valence-corrected chi connectivity index (χ0v) is 17.5. The van der Waals surface area contributed by atoms with E-state index in [1.54, 1.807) is 24.3 Å². The van der Waals surface area contributed by atoms with E-state index >= 15 is 0 Å². The maximum Gasteiger partial charge on any atom is 0.192 e. The maximum absolute atomic E-state index is 13.9. The number of hydrogen-bond donors (Lipinski definition) is 0. The van der Waals surface area contributed by atoms with Gasteiger partial charge in [-0.15, -0.1) is 0 Å². The van der Waals surface area contributed by atoms with Crippen molar-refractivity contribution in [2.45, 2.75) is 45.5 Å². The van der Waals surface area contributed by atoms with Gasteiger partial charge in [-0.3, -0.25) is 4.79 Å². The summed E-state index contributed by atoms with van der Waals surface area (Å²) in [5.74, 6) is -0.184. The molecule has 0 saturated carbocycles. The van der Waals surface area contributed by atoms with E-state index in [1.807, 2.05) is 0 Å². The van der Waals surface area contributed by atoms with Gasteiger partial charge in [0.2, 0.25) is 0 Å². The van der Waals surface area contributed by atoms with Crippen LogP contribution in [0.15, 0.2) is 36.4 Å². The Bertz CT molecular complexity index is 780. The van der Waals surface area contributed by atoms with Crippen LogP contribution in [0.1, 0.15) is 36.7 Å². The molecule has 0 aromatic heterocycles. The second-order valence-corrected chi connectivity index (χ2v) is 12.9. The van der Waals surface area contributed by atoms with E-state index in [0.29, 0.717) is 23.5 Å². The van der Waals surface area contributed by atoms with Crippen LogP contribution in [0.25, 0.3) is 0 Å². The Morgan fingerprint density at radius 2 is 1.88 bits per heavy atom. The molecular weight excluding hydrogens is 371 g/mol. The molecule has 0 radical (unpaired) electrons. The van der Waals surface area contributed by atoms with E-state index in [0.717, 1.165) is 6.29 Å². The van der Waals surface area contributed by atoms with Crippen LogP contribution in [-0.2, 0) is 11.0 Å². The van der Waals surface area contributed by atoms with Gasteiger partial charge in [0.25, 0.3) is 0 Å². The summed E-state index contributed by atoms with van der Waals surface area (Å²) in [6.07, 6.45) is 0.782. The standard InChI is InChI=1S/C20H24ClFO3Si/c1-20(2,3)26(4,5)24-13-15-11-16(10-9-14(15)12-23)25-19-17(21)7-6-8-18(19)22/h6-12H,13H2,1-5H3. The Morgan fingerprint density at radius 1 is 1.19 bits per heavy atom. The van der Waals surface area contributed by atoms with Crippen molar-refractivity contribution in [1.29, 1.82) is 0 Å². The number of rotatable bonds is 6. The van der Waals surface area contributed by atoms with Gasteiger partial charge < -0.3 is 9.16 Å². The molecule has 0 atom stereocenters. The largest absolute Gasteiger partial charge is 0.453 e. The minimum atomic E-state index is -1.97. The lowest BCUT2D eigenvalue weighted by Crippen LogP contribution is -2.40. The molecule has 0 aliphatic rings. The number of hydrogen-bond acceptors (Lipinski definition) is 3. The average Bonchev–Trinajstić information content (AvgIpc) is 2.55. The summed E-state index contributed by atoms with van der Waals surface area (Å²) in [5, 5.41) is 0.243. The third kappa shape index (κ3) is 4.72. The highest BCUT2D eigenvalue weighted by Gasteiger charge is 2.37. The van der Waals surface area contributed by atoms with Crippen LogP contribution in [0.2, 0.25) is 23.2 Å². The molecule has 3 nitrogen and oxygen atoms in total. The van der Waals surface area contributed by atoms with Crippen molar-refractivity contribution >= 4 is 26.2 Å². The van der Waals surface area contributed by atoms with Gasteiger partial charge in [0.1, 0.15) is 12.0 Å². The van der Waals surface area contributed by atoms with Crippen LogP contribution >= 0.6 is 11.6 Å².